The van der Waals surface area contributed by atoms with Crippen LogP contribution in [0.5, 0.6) is 0 Å². The summed E-state index contributed by atoms with van der Waals surface area (Å²) in [5.74, 6) is 0.357. The van der Waals surface area contributed by atoms with E-state index in [4.69, 9.17) is 0 Å². The summed E-state index contributed by atoms with van der Waals surface area (Å²) in [6.07, 6.45) is 5.75. The van der Waals surface area contributed by atoms with Gasteiger partial charge < -0.3 is 4.90 Å². The smallest absolute Gasteiger partial charge is 0.244 e. The predicted molar refractivity (Wildman–Crippen MR) is 80.4 cm³/mol. The summed E-state index contributed by atoms with van der Waals surface area (Å²) in [5, 5.41) is 5.75. The van der Waals surface area contributed by atoms with E-state index < -0.39 is 0 Å². The van der Waals surface area contributed by atoms with Gasteiger partial charge in [0.25, 0.3) is 0 Å². The van der Waals surface area contributed by atoms with Crippen LogP contribution in [-0.4, -0.2) is 22.4 Å². The van der Waals surface area contributed by atoms with Gasteiger partial charge in [0.05, 0.1) is 0 Å². The fraction of sp³-hybridized carbons (Fsp3) is 0.688. The van der Waals surface area contributed by atoms with E-state index in [0.29, 0.717) is 11.9 Å². The Labute approximate surface area is 124 Å². The van der Waals surface area contributed by atoms with E-state index in [2.05, 4.69) is 41.6 Å². The van der Waals surface area contributed by atoms with Crippen LogP contribution in [0, 0.1) is 5.41 Å². The fourth-order valence-electron chi connectivity index (χ4n) is 4.04. The second kappa shape index (κ2) is 4.08. The summed E-state index contributed by atoms with van der Waals surface area (Å²) in [6, 6.07) is 4.63. The molecular weight excluding hydrogens is 268 g/mol. The van der Waals surface area contributed by atoms with Crippen LogP contribution in [0.4, 0.5) is 0 Å². The number of hydrogen-bond acceptors (Lipinski definition) is 3. The third-order valence-electron chi connectivity index (χ3n) is 5.43. The number of rotatable bonds is 2. The van der Waals surface area contributed by atoms with E-state index in [0.717, 1.165) is 19.3 Å². The van der Waals surface area contributed by atoms with Gasteiger partial charge in [-0.3, -0.25) is 10.1 Å². The van der Waals surface area contributed by atoms with Gasteiger partial charge >= 0.3 is 0 Å². The van der Waals surface area contributed by atoms with E-state index >= 15 is 0 Å². The van der Waals surface area contributed by atoms with Crippen LogP contribution < -0.4 is 5.32 Å². The molecule has 0 bridgehead atoms. The minimum atomic E-state index is -0.215. The average Bonchev–Trinajstić information content (AvgIpc) is 2.73. The molecule has 4 heteroatoms. The minimum Gasteiger partial charge on any atom is -0.317 e. The van der Waals surface area contributed by atoms with Gasteiger partial charge in [-0.1, -0.05) is 26.3 Å². The van der Waals surface area contributed by atoms with Crippen LogP contribution in [-0.2, 0) is 4.79 Å². The second-order valence-corrected chi connectivity index (χ2v) is 8.23. The molecule has 1 aromatic rings. The van der Waals surface area contributed by atoms with Gasteiger partial charge in [-0.25, -0.2) is 0 Å². The minimum absolute atomic E-state index is 0.104. The topological polar surface area (TPSA) is 32.3 Å². The van der Waals surface area contributed by atoms with Gasteiger partial charge in [0.1, 0.15) is 11.7 Å². The lowest BCUT2D eigenvalue weighted by Gasteiger charge is -2.38. The standard InChI is InChI=1S/C16H22N2OS/c1-15(2)7-3-6-12(15)18-13(11-5-4-10-20-11)17-16(8-9-16)14(18)19/h4-5,10,12-13,17H,3,6-9H2,1-2H3. The molecule has 1 amide bonds. The largest absolute Gasteiger partial charge is 0.317 e. The maximum Gasteiger partial charge on any atom is 0.244 e. The fourth-order valence-corrected chi connectivity index (χ4v) is 4.81. The Bertz CT molecular complexity index is 533. The summed E-state index contributed by atoms with van der Waals surface area (Å²) < 4.78 is 0. The van der Waals surface area contributed by atoms with Crippen LogP contribution in [0.15, 0.2) is 17.5 Å². The Morgan fingerprint density at radius 3 is 2.70 bits per heavy atom. The molecule has 2 saturated carbocycles. The van der Waals surface area contributed by atoms with Crippen molar-refractivity contribution in [2.45, 2.75) is 63.7 Å². The molecule has 1 spiro atoms. The Morgan fingerprint density at radius 1 is 1.35 bits per heavy atom. The van der Waals surface area contributed by atoms with Gasteiger partial charge in [-0.15, -0.1) is 11.3 Å². The van der Waals surface area contributed by atoms with E-state index in [9.17, 15) is 4.79 Å². The molecule has 1 N–H and O–H groups in total. The number of hydrogen-bond donors (Lipinski definition) is 1. The van der Waals surface area contributed by atoms with Crippen LogP contribution in [0.2, 0.25) is 0 Å². The third kappa shape index (κ3) is 1.70. The van der Waals surface area contributed by atoms with E-state index in [1.807, 2.05) is 0 Å². The first-order valence-electron chi connectivity index (χ1n) is 7.67. The van der Waals surface area contributed by atoms with Gasteiger partial charge in [-0.2, -0.15) is 0 Å². The number of carbonyl (C=O) groups is 1. The van der Waals surface area contributed by atoms with Crippen molar-refractivity contribution in [2.24, 2.45) is 5.41 Å². The van der Waals surface area contributed by atoms with E-state index in [1.54, 1.807) is 11.3 Å². The van der Waals surface area contributed by atoms with Crippen LogP contribution >= 0.6 is 11.3 Å². The maximum atomic E-state index is 12.9. The summed E-state index contributed by atoms with van der Waals surface area (Å²) in [6.45, 7) is 4.64. The summed E-state index contributed by atoms with van der Waals surface area (Å²) in [4.78, 5) is 16.4. The van der Waals surface area contributed by atoms with E-state index in [1.165, 1.54) is 17.7 Å². The normalized spacial score (nSPS) is 34.1. The monoisotopic (exact) mass is 290 g/mol. The molecule has 3 fully saturated rings. The van der Waals surface area contributed by atoms with Crippen LogP contribution in [0.3, 0.4) is 0 Å². The van der Waals surface area contributed by atoms with Crippen molar-refractivity contribution in [2.75, 3.05) is 0 Å². The highest BCUT2D eigenvalue weighted by Gasteiger charge is 2.62. The van der Waals surface area contributed by atoms with Crippen molar-refractivity contribution >= 4 is 17.2 Å². The molecule has 2 atom stereocenters. The van der Waals surface area contributed by atoms with Crippen molar-refractivity contribution in [1.82, 2.24) is 10.2 Å². The molecule has 3 nitrogen and oxygen atoms in total. The number of nitrogens with one attached hydrogen (secondary N) is 1. The molecule has 2 heterocycles. The average molecular weight is 290 g/mol. The molecule has 0 aromatic carbocycles. The highest BCUT2D eigenvalue weighted by molar-refractivity contribution is 7.10. The van der Waals surface area contributed by atoms with Crippen LogP contribution in [0.25, 0.3) is 0 Å². The first-order chi connectivity index (χ1) is 9.54. The molecule has 4 rings (SSSR count). The summed E-state index contributed by atoms with van der Waals surface area (Å²) >= 11 is 1.76. The Morgan fingerprint density at radius 2 is 2.15 bits per heavy atom. The van der Waals surface area contributed by atoms with Gasteiger partial charge in [-0.05, 0) is 42.5 Å². The molecular formula is C16H22N2OS. The number of nitrogens with zero attached hydrogens (tertiary/aromatic N) is 1. The van der Waals surface area contributed by atoms with Crippen molar-refractivity contribution in [1.29, 1.82) is 0 Å². The predicted octanol–water partition coefficient (Wildman–Crippen LogP) is 3.29. The van der Waals surface area contributed by atoms with Gasteiger partial charge in [0, 0.05) is 10.9 Å². The maximum absolute atomic E-state index is 12.9. The van der Waals surface area contributed by atoms with Crippen LogP contribution in [0.1, 0.15) is 57.0 Å². The highest BCUT2D eigenvalue weighted by Crippen LogP contribution is 2.52. The lowest BCUT2D eigenvalue weighted by Crippen LogP contribution is -2.45. The zero-order chi connectivity index (χ0) is 14.0. The Kier molecular flexibility index (Phi) is 2.62. The van der Waals surface area contributed by atoms with Gasteiger partial charge in [0.2, 0.25) is 5.91 Å². The molecule has 20 heavy (non-hydrogen) atoms. The lowest BCUT2D eigenvalue weighted by molar-refractivity contribution is -0.135. The molecule has 108 valence electrons. The quantitative estimate of drug-likeness (QED) is 0.906. The molecule has 2 unspecified atom stereocenters. The molecule has 2 aliphatic carbocycles. The zero-order valence-electron chi connectivity index (χ0n) is 12.2. The third-order valence-corrected chi connectivity index (χ3v) is 6.36. The number of amides is 1. The van der Waals surface area contributed by atoms with Crippen molar-refractivity contribution in [3.05, 3.63) is 22.4 Å². The number of thiophene rings is 1. The highest BCUT2D eigenvalue weighted by atomic mass is 32.1. The van der Waals surface area contributed by atoms with E-state index in [-0.39, 0.29) is 17.1 Å². The number of carbonyl (C=O) groups excluding carboxylic acids is 1. The molecule has 1 aromatic heterocycles. The SMILES string of the molecule is CC1(C)CCCC1N1C(=O)C2(CC2)NC1c1cccs1. The van der Waals surface area contributed by atoms with Crippen molar-refractivity contribution in [3.63, 3.8) is 0 Å². The second-order valence-electron chi connectivity index (χ2n) is 7.25. The summed E-state index contributed by atoms with van der Waals surface area (Å²) in [5.41, 5.74) is 0.0284. The lowest BCUT2D eigenvalue weighted by atomic mass is 9.86. The van der Waals surface area contributed by atoms with Crippen molar-refractivity contribution < 1.29 is 4.79 Å². The molecule has 0 radical (unpaired) electrons. The Hall–Kier alpha value is -0.870. The molecule has 1 saturated heterocycles. The molecule has 3 aliphatic rings. The first-order valence-corrected chi connectivity index (χ1v) is 8.55. The summed E-state index contributed by atoms with van der Waals surface area (Å²) in [7, 11) is 0. The Balaban J connectivity index is 1.72. The molecule has 1 aliphatic heterocycles. The van der Waals surface area contributed by atoms with Gasteiger partial charge in [0.15, 0.2) is 0 Å². The first kappa shape index (κ1) is 12.8. The van der Waals surface area contributed by atoms with Crippen molar-refractivity contribution in [3.8, 4) is 0 Å². The zero-order valence-corrected chi connectivity index (χ0v) is 13.0.